The van der Waals surface area contributed by atoms with E-state index in [1.54, 1.807) is 49.1 Å². The van der Waals surface area contributed by atoms with Crippen molar-refractivity contribution in [3.63, 3.8) is 0 Å². The number of rotatable bonds is 8. The Morgan fingerprint density at radius 3 is 2.83 bits per heavy atom. The smallest absolute Gasteiger partial charge is 0.387 e. The van der Waals surface area contributed by atoms with Gasteiger partial charge in [0.1, 0.15) is 5.75 Å². The fourth-order valence-electron chi connectivity index (χ4n) is 2.97. The molecule has 2 N–H and O–H groups in total. The molecule has 0 aliphatic heterocycles. The van der Waals surface area contributed by atoms with Gasteiger partial charge in [-0.1, -0.05) is 12.1 Å². The molecule has 2 aromatic heterocycles. The van der Waals surface area contributed by atoms with Crippen LogP contribution in [0.3, 0.4) is 0 Å². The van der Waals surface area contributed by atoms with Crippen molar-refractivity contribution in [2.75, 3.05) is 6.54 Å². The number of aryl methyl sites for hydroxylation is 1. The van der Waals surface area contributed by atoms with E-state index in [1.807, 2.05) is 0 Å². The third-order valence-corrected chi connectivity index (χ3v) is 4.29. The van der Waals surface area contributed by atoms with Gasteiger partial charge in [0.15, 0.2) is 0 Å². The monoisotopic (exact) mass is 404 g/mol. The van der Waals surface area contributed by atoms with Crippen molar-refractivity contribution >= 4 is 16.8 Å². The minimum atomic E-state index is -2.86. The lowest BCUT2D eigenvalue weighted by Gasteiger charge is -2.09. The summed E-state index contributed by atoms with van der Waals surface area (Å²) >= 11 is 0. The molecule has 0 saturated heterocycles. The Bertz CT molecular complexity index is 1000. The van der Waals surface area contributed by atoms with Gasteiger partial charge >= 0.3 is 6.61 Å². The number of pyridine rings is 1. The van der Waals surface area contributed by atoms with Crippen LogP contribution in [0, 0.1) is 6.92 Å². The zero-order valence-electron chi connectivity index (χ0n) is 16.1. The molecule has 3 aromatic rings. The van der Waals surface area contributed by atoms with Crippen molar-refractivity contribution in [3.8, 4) is 5.75 Å². The van der Waals surface area contributed by atoms with Crippen molar-refractivity contribution in [3.05, 3.63) is 53.5 Å². The normalized spacial score (nSPS) is 12.3. The highest BCUT2D eigenvalue weighted by molar-refractivity contribution is 5.86. The van der Waals surface area contributed by atoms with E-state index in [1.165, 1.54) is 6.07 Å². The molecule has 0 unspecified atom stereocenters. The van der Waals surface area contributed by atoms with Gasteiger partial charge in [0.25, 0.3) is 0 Å². The number of alkyl halides is 2. The molecule has 9 heteroatoms. The number of halogens is 2. The molecule has 0 aliphatic rings. The Labute approximate surface area is 166 Å². The number of fused-ring (bicyclic) bond motifs is 1. The molecule has 0 spiro atoms. The van der Waals surface area contributed by atoms with E-state index in [-0.39, 0.29) is 24.6 Å². The highest BCUT2D eigenvalue weighted by atomic mass is 19.3. The Morgan fingerprint density at radius 1 is 1.34 bits per heavy atom. The molecule has 1 amide bonds. The molecular weight excluding hydrogens is 382 g/mol. The number of nitrogens with one attached hydrogen (secondary N) is 1. The van der Waals surface area contributed by atoms with Crippen LogP contribution in [0.5, 0.6) is 5.75 Å². The minimum Gasteiger partial charge on any atom is -0.435 e. The molecular formula is C20H22F2N4O3. The summed E-state index contributed by atoms with van der Waals surface area (Å²) in [4.78, 5) is 16.3. The average Bonchev–Trinajstić information content (AvgIpc) is 3.05. The van der Waals surface area contributed by atoms with Crippen LogP contribution in [0.1, 0.15) is 23.7 Å². The van der Waals surface area contributed by atoms with Crippen molar-refractivity contribution in [2.45, 2.75) is 39.5 Å². The van der Waals surface area contributed by atoms with Crippen molar-refractivity contribution in [1.82, 2.24) is 20.1 Å². The molecule has 0 saturated carbocycles. The van der Waals surface area contributed by atoms with Crippen LogP contribution in [0.4, 0.5) is 8.78 Å². The van der Waals surface area contributed by atoms with Gasteiger partial charge < -0.3 is 15.2 Å². The summed E-state index contributed by atoms with van der Waals surface area (Å²) in [7, 11) is 0. The third-order valence-electron chi connectivity index (χ3n) is 4.29. The summed E-state index contributed by atoms with van der Waals surface area (Å²) in [5, 5.41) is 17.2. The highest BCUT2D eigenvalue weighted by Gasteiger charge is 2.13. The number of aliphatic hydroxyl groups excluding tert-OH is 1. The Hall–Kier alpha value is -3.07. The van der Waals surface area contributed by atoms with Crippen LogP contribution in [0.2, 0.25) is 0 Å². The number of carbonyl (C=O) groups is 1. The largest absolute Gasteiger partial charge is 0.435 e. The molecule has 7 nitrogen and oxygen atoms in total. The van der Waals surface area contributed by atoms with E-state index >= 15 is 0 Å². The number of nitrogens with zero attached hydrogens (tertiary/aromatic N) is 3. The van der Waals surface area contributed by atoms with E-state index in [0.717, 1.165) is 10.9 Å². The second-order valence-electron chi connectivity index (χ2n) is 6.83. The van der Waals surface area contributed by atoms with Crippen LogP contribution in [0.15, 0.2) is 36.7 Å². The maximum absolute atomic E-state index is 12.4. The quantitative estimate of drug-likeness (QED) is 0.602. The third kappa shape index (κ3) is 5.47. The number of aliphatic hydroxyl groups is 1. The van der Waals surface area contributed by atoms with Crippen molar-refractivity contribution < 1.29 is 23.4 Å². The predicted molar refractivity (Wildman–Crippen MR) is 103 cm³/mol. The molecule has 3 rings (SSSR count). The van der Waals surface area contributed by atoms with E-state index in [0.29, 0.717) is 23.3 Å². The van der Waals surface area contributed by atoms with Gasteiger partial charge in [-0.2, -0.15) is 13.9 Å². The summed E-state index contributed by atoms with van der Waals surface area (Å²) in [6, 6.07) is 6.75. The zero-order valence-corrected chi connectivity index (χ0v) is 16.1. The summed E-state index contributed by atoms with van der Waals surface area (Å²) in [5.41, 5.74) is 2.78. The van der Waals surface area contributed by atoms with E-state index in [2.05, 4.69) is 20.1 Å². The standard InChI is InChI=1S/C20H22F2N4O3/c1-12-7-14(3-4-18(12)29-20(21)22)10-26-11-15-16(25-26)5-6-23-17(15)8-19(28)24-9-13(2)27/h3-7,11,13,20,27H,8-10H2,1-2H3,(H,24,28)/t13-/m1/s1. The summed E-state index contributed by atoms with van der Waals surface area (Å²) in [6.07, 6.45) is 2.86. The molecule has 1 aromatic carbocycles. The van der Waals surface area contributed by atoms with Crippen LogP contribution < -0.4 is 10.1 Å². The Morgan fingerprint density at radius 2 is 2.14 bits per heavy atom. The molecule has 1 atom stereocenters. The first kappa shape index (κ1) is 20.7. The molecule has 29 heavy (non-hydrogen) atoms. The maximum Gasteiger partial charge on any atom is 0.387 e. The lowest BCUT2D eigenvalue weighted by atomic mass is 10.1. The number of aromatic nitrogens is 3. The fraction of sp³-hybridized carbons (Fsp3) is 0.350. The van der Waals surface area contributed by atoms with Gasteiger partial charge in [0.2, 0.25) is 5.91 Å². The first-order chi connectivity index (χ1) is 13.8. The zero-order chi connectivity index (χ0) is 21.0. The average molecular weight is 404 g/mol. The van der Waals surface area contributed by atoms with E-state index in [9.17, 15) is 18.7 Å². The number of hydrogen-bond donors (Lipinski definition) is 2. The van der Waals surface area contributed by atoms with Gasteiger partial charge in [-0.05, 0) is 37.1 Å². The van der Waals surface area contributed by atoms with Gasteiger partial charge in [-0.15, -0.1) is 0 Å². The highest BCUT2D eigenvalue weighted by Crippen LogP contribution is 2.22. The second-order valence-corrected chi connectivity index (χ2v) is 6.83. The lowest BCUT2D eigenvalue weighted by Crippen LogP contribution is -2.31. The number of carbonyl (C=O) groups excluding carboxylic acids is 1. The number of hydrogen-bond acceptors (Lipinski definition) is 5. The number of amides is 1. The first-order valence-corrected chi connectivity index (χ1v) is 9.12. The maximum atomic E-state index is 12.4. The van der Waals surface area contributed by atoms with Gasteiger partial charge in [-0.3, -0.25) is 14.5 Å². The Kier molecular flexibility index (Phi) is 6.38. The predicted octanol–water partition coefficient (Wildman–Crippen LogP) is 2.43. The lowest BCUT2D eigenvalue weighted by molar-refractivity contribution is -0.120. The van der Waals surface area contributed by atoms with Gasteiger partial charge in [-0.25, -0.2) is 0 Å². The topological polar surface area (TPSA) is 89.3 Å². The Balaban J connectivity index is 1.76. The van der Waals surface area contributed by atoms with Crippen LogP contribution >= 0.6 is 0 Å². The summed E-state index contributed by atoms with van der Waals surface area (Å²) in [5.74, 6) is -0.0898. The van der Waals surface area contributed by atoms with E-state index in [4.69, 9.17) is 0 Å². The molecule has 0 aliphatic carbocycles. The van der Waals surface area contributed by atoms with Crippen LogP contribution in [-0.2, 0) is 17.8 Å². The molecule has 0 radical (unpaired) electrons. The first-order valence-electron chi connectivity index (χ1n) is 9.12. The van der Waals surface area contributed by atoms with E-state index < -0.39 is 12.7 Å². The van der Waals surface area contributed by atoms with Gasteiger partial charge in [0.05, 0.1) is 30.3 Å². The summed E-state index contributed by atoms with van der Waals surface area (Å²) in [6.45, 7) is 1.04. The van der Waals surface area contributed by atoms with Gasteiger partial charge in [0, 0.05) is 24.3 Å². The fourth-order valence-corrected chi connectivity index (χ4v) is 2.97. The molecule has 0 bridgehead atoms. The molecule has 0 fully saturated rings. The molecule has 154 valence electrons. The second kappa shape index (κ2) is 8.95. The van der Waals surface area contributed by atoms with Crippen LogP contribution in [0.25, 0.3) is 10.9 Å². The minimum absolute atomic E-state index is 0.0779. The van der Waals surface area contributed by atoms with Crippen molar-refractivity contribution in [2.24, 2.45) is 0 Å². The summed E-state index contributed by atoms with van der Waals surface area (Å²) < 4.78 is 31.0. The SMILES string of the molecule is Cc1cc(Cn2cc3c(CC(=O)NC[C@@H](C)O)nccc3n2)ccc1OC(F)F. The molecule has 2 heterocycles. The number of ether oxygens (including phenoxy) is 1. The van der Waals surface area contributed by atoms with Crippen molar-refractivity contribution in [1.29, 1.82) is 0 Å². The van der Waals surface area contributed by atoms with Crippen LogP contribution in [-0.4, -0.2) is 45.0 Å². The number of benzene rings is 1.